The maximum atomic E-state index is 12.5. The summed E-state index contributed by atoms with van der Waals surface area (Å²) in [5.41, 5.74) is 1.02. The fourth-order valence-electron chi connectivity index (χ4n) is 3.80. The van der Waals surface area contributed by atoms with E-state index in [1.807, 2.05) is 17.0 Å². The average Bonchev–Trinajstić information content (AvgIpc) is 3.06. The number of carbonyl (C=O) groups is 1. The highest BCUT2D eigenvalue weighted by Gasteiger charge is 2.34. The molecule has 0 bridgehead atoms. The molecule has 2 aliphatic heterocycles. The summed E-state index contributed by atoms with van der Waals surface area (Å²) in [6.07, 6.45) is 3.94. The number of ether oxygens (including phenoxy) is 3. The van der Waals surface area contributed by atoms with Crippen LogP contribution < -0.4 is 19.1 Å². The van der Waals surface area contributed by atoms with Crippen LogP contribution in [0.5, 0.6) is 17.2 Å². The van der Waals surface area contributed by atoms with Crippen LogP contribution >= 0.6 is 11.8 Å². The molecule has 26 heavy (non-hydrogen) atoms. The van der Waals surface area contributed by atoms with Crippen LogP contribution in [0.4, 0.5) is 0 Å². The zero-order chi connectivity index (χ0) is 18.5. The van der Waals surface area contributed by atoms with Crippen LogP contribution in [-0.4, -0.2) is 64.1 Å². The highest BCUT2D eigenvalue weighted by molar-refractivity contribution is 8.00. The van der Waals surface area contributed by atoms with Gasteiger partial charge in [0, 0.05) is 0 Å². The lowest BCUT2D eigenvalue weighted by Crippen LogP contribution is -3.13. The Morgan fingerprint density at radius 2 is 1.73 bits per heavy atom. The van der Waals surface area contributed by atoms with Gasteiger partial charge in [-0.2, -0.15) is 0 Å². The van der Waals surface area contributed by atoms with E-state index >= 15 is 0 Å². The summed E-state index contributed by atoms with van der Waals surface area (Å²) in [6.45, 7) is 4.27. The lowest BCUT2D eigenvalue weighted by Gasteiger charge is -2.29. The van der Waals surface area contributed by atoms with E-state index in [1.165, 1.54) is 32.4 Å². The Kier molecular flexibility index (Phi) is 6.53. The maximum Gasteiger partial charge on any atom is 0.234 e. The number of piperidine rings is 1. The SMILES string of the molecule is COc1cc([C@H]2SCC(=O)N2CC[NH+]2CCCCC2)cc(OC)c1OC. The molecule has 144 valence electrons. The van der Waals surface area contributed by atoms with Gasteiger partial charge in [-0.05, 0) is 37.0 Å². The third kappa shape index (κ3) is 4.04. The maximum absolute atomic E-state index is 12.5. The molecule has 7 heteroatoms. The van der Waals surface area contributed by atoms with Gasteiger partial charge in [0.15, 0.2) is 11.5 Å². The number of hydrogen-bond acceptors (Lipinski definition) is 5. The average molecular weight is 382 g/mol. The summed E-state index contributed by atoms with van der Waals surface area (Å²) in [4.78, 5) is 16.1. The first kappa shape index (κ1) is 19.2. The predicted octanol–water partition coefficient (Wildman–Crippen LogP) is 1.36. The molecule has 1 amide bonds. The molecule has 0 aromatic heterocycles. The molecule has 0 unspecified atom stereocenters. The quantitative estimate of drug-likeness (QED) is 0.773. The Hall–Kier alpha value is -1.60. The van der Waals surface area contributed by atoms with Crippen LogP contribution in [0.3, 0.4) is 0 Å². The number of hydrogen-bond donors (Lipinski definition) is 1. The predicted molar refractivity (Wildman–Crippen MR) is 102 cm³/mol. The largest absolute Gasteiger partial charge is 0.493 e. The van der Waals surface area contributed by atoms with Crippen LogP contribution in [0.25, 0.3) is 0 Å². The van der Waals surface area contributed by atoms with Gasteiger partial charge in [-0.1, -0.05) is 0 Å². The van der Waals surface area contributed by atoms with Gasteiger partial charge in [-0.25, -0.2) is 0 Å². The van der Waals surface area contributed by atoms with Crippen molar-refractivity contribution in [2.45, 2.75) is 24.6 Å². The molecular weight excluding hydrogens is 352 g/mol. The minimum atomic E-state index is 0.000367. The van der Waals surface area contributed by atoms with Gasteiger partial charge in [0.05, 0.1) is 53.3 Å². The van der Waals surface area contributed by atoms with E-state index in [-0.39, 0.29) is 11.3 Å². The van der Waals surface area contributed by atoms with Crippen molar-refractivity contribution < 1.29 is 23.9 Å². The van der Waals surface area contributed by atoms with E-state index in [4.69, 9.17) is 14.2 Å². The first-order valence-corrected chi connectivity index (χ1v) is 10.3. The fourth-order valence-corrected chi connectivity index (χ4v) is 4.99. The number of nitrogens with one attached hydrogen (secondary N) is 1. The van der Waals surface area contributed by atoms with Crippen LogP contribution in [0.15, 0.2) is 12.1 Å². The molecule has 1 aromatic carbocycles. The number of methoxy groups -OCH3 is 3. The molecule has 2 aliphatic rings. The number of carbonyl (C=O) groups excluding carboxylic acids is 1. The van der Waals surface area contributed by atoms with E-state index in [0.29, 0.717) is 23.0 Å². The molecule has 2 fully saturated rings. The standard InChI is InChI=1S/C19H28N2O4S/c1-23-15-11-14(12-16(24-2)18(15)25-3)19-21(17(22)13-26-19)10-9-20-7-5-4-6-8-20/h11-12,19H,4-10,13H2,1-3H3/p+1/t19-/m1/s1. The van der Waals surface area contributed by atoms with Crippen molar-refractivity contribution >= 4 is 17.7 Å². The Labute approximate surface area is 159 Å². The Bertz CT molecular complexity index is 609. The van der Waals surface area contributed by atoms with Gasteiger partial charge in [-0.3, -0.25) is 4.79 Å². The topological polar surface area (TPSA) is 52.4 Å². The van der Waals surface area contributed by atoms with E-state index < -0.39 is 0 Å². The van der Waals surface area contributed by atoms with Gasteiger partial charge < -0.3 is 24.0 Å². The van der Waals surface area contributed by atoms with Crippen molar-refractivity contribution in [2.24, 2.45) is 0 Å². The summed E-state index contributed by atoms with van der Waals surface area (Å²) in [5.74, 6) is 2.57. The molecule has 0 spiro atoms. The minimum absolute atomic E-state index is 0.000367. The zero-order valence-corrected chi connectivity index (χ0v) is 16.7. The number of thioether (sulfide) groups is 1. The molecule has 1 aromatic rings. The Morgan fingerprint density at radius 1 is 1.08 bits per heavy atom. The molecule has 0 saturated carbocycles. The summed E-state index contributed by atoms with van der Waals surface area (Å²) in [6, 6.07) is 3.91. The van der Waals surface area contributed by atoms with E-state index in [9.17, 15) is 4.79 Å². The second kappa shape index (κ2) is 8.86. The van der Waals surface area contributed by atoms with Crippen molar-refractivity contribution in [1.82, 2.24) is 4.90 Å². The fraction of sp³-hybridized carbons (Fsp3) is 0.632. The van der Waals surface area contributed by atoms with Gasteiger partial charge >= 0.3 is 0 Å². The van der Waals surface area contributed by atoms with Gasteiger partial charge in [0.1, 0.15) is 5.37 Å². The molecular formula is C19H29N2O4S+. The second-order valence-corrected chi connectivity index (χ2v) is 7.84. The normalized spacial score (nSPS) is 21.1. The molecule has 1 atom stereocenters. The van der Waals surface area contributed by atoms with Crippen molar-refractivity contribution in [3.8, 4) is 17.2 Å². The number of quaternary nitrogens is 1. The smallest absolute Gasteiger partial charge is 0.234 e. The highest BCUT2D eigenvalue weighted by Crippen LogP contribution is 2.45. The Morgan fingerprint density at radius 3 is 2.31 bits per heavy atom. The van der Waals surface area contributed by atoms with Crippen molar-refractivity contribution in [3.63, 3.8) is 0 Å². The lowest BCUT2D eigenvalue weighted by atomic mass is 10.1. The number of likely N-dealkylation sites (tertiary alicyclic amines) is 1. The lowest BCUT2D eigenvalue weighted by molar-refractivity contribution is -0.904. The van der Waals surface area contributed by atoms with Crippen molar-refractivity contribution in [1.29, 1.82) is 0 Å². The minimum Gasteiger partial charge on any atom is -0.493 e. The second-order valence-electron chi connectivity index (χ2n) is 6.77. The summed E-state index contributed by atoms with van der Waals surface area (Å²) in [5, 5.41) is 0.000367. The van der Waals surface area contributed by atoms with Gasteiger partial charge in [0.25, 0.3) is 0 Å². The first-order valence-electron chi connectivity index (χ1n) is 9.22. The van der Waals surface area contributed by atoms with E-state index in [1.54, 1.807) is 38.0 Å². The number of amides is 1. The molecule has 2 heterocycles. The first-order chi connectivity index (χ1) is 12.7. The summed E-state index contributed by atoms with van der Waals surface area (Å²) < 4.78 is 16.4. The molecule has 3 rings (SSSR count). The zero-order valence-electron chi connectivity index (χ0n) is 15.9. The molecule has 0 radical (unpaired) electrons. The van der Waals surface area contributed by atoms with Crippen LogP contribution in [0.2, 0.25) is 0 Å². The number of benzene rings is 1. The van der Waals surface area contributed by atoms with Gasteiger partial charge in [-0.15, -0.1) is 11.8 Å². The summed E-state index contributed by atoms with van der Waals surface area (Å²) in [7, 11) is 4.83. The van der Waals surface area contributed by atoms with E-state index in [0.717, 1.165) is 18.7 Å². The van der Waals surface area contributed by atoms with Gasteiger partial charge in [0.2, 0.25) is 11.7 Å². The molecule has 0 aliphatic carbocycles. The van der Waals surface area contributed by atoms with Crippen LogP contribution in [0.1, 0.15) is 30.2 Å². The van der Waals surface area contributed by atoms with E-state index in [2.05, 4.69) is 0 Å². The third-order valence-electron chi connectivity index (χ3n) is 5.21. The molecule has 1 N–H and O–H groups in total. The summed E-state index contributed by atoms with van der Waals surface area (Å²) >= 11 is 1.67. The highest BCUT2D eigenvalue weighted by atomic mass is 32.2. The van der Waals surface area contributed by atoms with Crippen LogP contribution in [-0.2, 0) is 4.79 Å². The molecule has 2 saturated heterocycles. The Balaban J connectivity index is 1.78. The number of nitrogens with zero attached hydrogens (tertiary/aromatic N) is 1. The number of rotatable bonds is 7. The third-order valence-corrected chi connectivity index (χ3v) is 6.46. The van der Waals surface area contributed by atoms with Crippen molar-refractivity contribution in [3.05, 3.63) is 17.7 Å². The van der Waals surface area contributed by atoms with Crippen molar-refractivity contribution in [2.75, 3.05) is 53.3 Å². The molecule has 6 nitrogen and oxygen atoms in total. The monoisotopic (exact) mass is 381 g/mol. The van der Waals surface area contributed by atoms with Crippen LogP contribution in [0, 0.1) is 0 Å².